The third-order valence-electron chi connectivity index (χ3n) is 13.3. The minimum Gasteiger partial charge on any atom is -0.462 e. The second kappa shape index (κ2) is 61.9. The number of hydrogen-bond donors (Lipinski definition) is 0. The zero-order valence-electron chi connectivity index (χ0n) is 48.6. The van der Waals surface area contributed by atoms with Gasteiger partial charge in [0.1, 0.15) is 13.2 Å². The number of ether oxygens (including phenoxy) is 3. The monoisotopic (exact) mass is 1030 g/mol. The summed E-state index contributed by atoms with van der Waals surface area (Å²) in [6.07, 6.45) is 82.7. The summed E-state index contributed by atoms with van der Waals surface area (Å²) in [7, 11) is 0. The Labute approximate surface area is 457 Å². The molecule has 74 heavy (non-hydrogen) atoms. The van der Waals surface area contributed by atoms with Crippen LogP contribution in [-0.2, 0) is 28.6 Å². The molecule has 0 fully saturated rings. The summed E-state index contributed by atoms with van der Waals surface area (Å²) >= 11 is 0. The maximum Gasteiger partial charge on any atom is 0.306 e. The summed E-state index contributed by atoms with van der Waals surface area (Å²) < 4.78 is 16.9. The molecule has 0 aliphatic carbocycles. The van der Waals surface area contributed by atoms with Crippen molar-refractivity contribution < 1.29 is 28.6 Å². The highest BCUT2D eigenvalue weighted by atomic mass is 16.6. The normalized spacial score (nSPS) is 12.7. The van der Waals surface area contributed by atoms with Gasteiger partial charge in [-0.05, 0) is 103 Å². The highest BCUT2D eigenvalue weighted by Gasteiger charge is 2.19. The number of carbonyl (C=O) groups is 3. The van der Waals surface area contributed by atoms with E-state index in [0.717, 1.165) is 109 Å². The number of unbranched alkanes of at least 4 members (excludes halogenated alkanes) is 29. The predicted molar refractivity (Wildman–Crippen MR) is 320 cm³/mol. The van der Waals surface area contributed by atoms with Gasteiger partial charge in [-0.2, -0.15) is 0 Å². The fourth-order valence-electron chi connectivity index (χ4n) is 8.65. The standard InChI is InChI=1S/C68H116O6/c1-4-7-10-13-16-19-22-24-26-28-29-30-31-32-33-34-35-36-37-38-39-41-42-44-46-49-52-55-58-61-67(70)73-64-65(63-72-66(69)60-57-54-51-48-21-18-15-12-9-6-3)74-68(71)62-59-56-53-50-47-45-43-40-27-25-23-20-17-14-11-8-5-2/h7,10,16,19,24-27,29-30,32-33,35-36,38-39,65H,4-6,8-9,11-15,17-18,20-23,28,31,34,37,40-64H2,1-3H3/b10-7-,19-16-,26-24-,27-25-,30-29-,33-32-,36-35-,39-38-. The van der Waals surface area contributed by atoms with E-state index in [9.17, 15) is 14.4 Å². The fraction of sp³-hybridized carbons (Fsp3) is 0.721. The van der Waals surface area contributed by atoms with Crippen LogP contribution in [0.25, 0.3) is 0 Å². The van der Waals surface area contributed by atoms with Crippen LogP contribution >= 0.6 is 0 Å². The van der Waals surface area contributed by atoms with Gasteiger partial charge < -0.3 is 14.2 Å². The van der Waals surface area contributed by atoms with E-state index in [1.165, 1.54) is 148 Å². The van der Waals surface area contributed by atoms with Crippen LogP contribution in [-0.4, -0.2) is 37.2 Å². The van der Waals surface area contributed by atoms with E-state index in [2.05, 4.69) is 118 Å². The van der Waals surface area contributed by atoms with Gasteiger partial charge in [0.05, 0.1) is 0 Å². The Bertz CT molecular complexity index is 1460. The zero-order chi connectivity index (χ0) is 53.6. The highest BCUT2D eigenvalue weighted by Crippen LogP contribution is 2.15. The third kappa shape index (κ3) is 59.2. The van der Waals surface area contributed by atoms with Crippen molar-refractivity contribution in [2.45, 2.75) is 303 Å². The fourth-order valence-corrected chi connectivity index (χ4v) is 8.65. The molecule has 0 aliphatic heterocycles. The van der Waals surface area contributed by atoms with Crippen LogP contribution in [0.1, 0.15) is 297 Å². The Morgan fingerprint density at radius 1 is 0.284 bits per heavy atom. The van der Waals surface area contributed by atoms with E-state index in [1.54, 1.807) is 0 Å². The topological polar surface area (TPSA) is 78.9 Å². The van der Waals surface area contributed by atoms with E-state index in [-0.39, 0.29) is 31.1 Å². The minimum atomic E-state index is -0.783. The van der Waals surface area contributed by atoms with E-state index in [0.29, 0.717) is 19.3 Å². The molecule has 0 aliphatic rings. The second-order valence-electron chi connectivity index (χ2n) is 20.6. The molecule has 0 saturated heterocycles. The molecule has 0 N–H and O–H groups in total. The minimum absolute atomic E-state index is 0.0802. The second-order valence-corrected chi connectivity index (χ2v) is 20.6. The van der Waals surface area contributed by atoms with Gasteiger partial charge >= 0.3 is 17.9 Å². The average Bonchev–Trinajstić information content (AvgIpc) is 3.40. The molecule has 0 spiro atoms. The third-order valence-corrected chi connectivity index (χ3v) is 13.3. The van der Waals surface area contributed by atoms with Gasteiger partial charge in [0, 0.05) is 19.3 Å². The molecule has 0 aromatic heterocycles. The maximum atomic E-state index is 12.9. The Morgan fingerprint density at radius 3 is 0.838 bits per heavy atom. The van der Waals surface area contributed by atoms with Crippen molar-refractivity contribution in [1.29, 1.82) is 0 Å². The zero-order valence-corrected chi connectivity index (χ0v) is 48.6. The first-order chi connectivity index (χ1) is 36.5. The quantitative estimate of drug-likeness (QED) is 0.0261. The Hall–Kier alpha value is -3.67. The van der Waals surface area contributed by atoms with Gasteiger partial charge in [-0.3, -0.25) is 14.4 Å². The molecular weight excluding hydrogens is 913 g/mol. The lowest BCUT2D eigenvalue weighted by Crippen LogP contribution is -2.30. The van der Waals surface area contributed by atoms with Crippen molar-refractivity contribution in [2.75, 3.05) is 13.2 Å². The van der Waals surface area contributed by atoms with Gasteiger partial charge in [0.15, 0.2) is 6.10 Å². The molecule has 0 saturated carbocycles. The van der Waals surface area contributed by atoms with Crippen LogP contribution in [0.15, 0.2) is 97.2 Å². The number of carbonyl (C=O) groups excluding carboxylic acids is 3. The SMILES string of the molecule is CC/C=C\C/C=C\C/C=C\C/C=C\C/C=C\C/C=C\C/C=C\CCCCCCCCCC(=O)OCC(COC(=O)CCCCCCCCCCCC)OC(=O)CCCCCCCCC/C=C\CCCCCCCC. The number of esters is 3. The average molecular weight is 1030 g/mol. The molecule has 6 heteroatoms. The van der Waals surface area contributed by atoms with Crippen molar-refractivity contribution in [3.8, 4) is 0 Å². The molecule has 0 rings (SSSR count). The molecule has 1 atom stereocenters. The summed E-state index contributed by atoms with van der Waals surface area (Å²) in [5.41, 5.74) is 0. The summed E-state index contributed by atoms with van der Waals surface area (Å²) in [5, 5.41) is 0. The first-order valence-corrected chi connectivity index (χ1v) is 31.2. The number of hydrogen-bond acceptors (Lipinski definition) is 6. The lowest BCUT2D eigenvalue weighted by atomic mass is 10.1. The molecule has 424 valence electrons. The molecule has 0 radical (unpaired) electrons. The van der Waals surface area contributed by atoms with Gasteiger partial charge in [0.25, 0.3) is 0 Å². The molecule has 0 aromatic carbocycles. The van der Waals surface area contributed by atoms with E-state index in [1.807, 2.05) is 0 Å². The number of rotatable bonds is 56. The first kappa shape index (κ1) is 70.3. The van der Waals surface area contributed by atoms with Gasteiger partial charge in [-0.25, -0.2) is 0 Å². The first-order valence-electron chi connectivity index (χ1n) is 31.2. The summed E-state index contributed by atoms with van der Waals surface area (Å²) in [6, 6.07) is 0. The van der Waals surface area contributed by atoms with Crippen LogP contribution in [0.3, 0.4) is 0 Å². The van der Waals surface area contributed by atoms with E-state index < -0.39 is 6.10 Å². The van der Waals surface area contributed by atoms with Crippen molar-refractivity contribution >= 4 is 17.9 Å². The Kier molecular flexibility index (Phi) is 58.8. The van der Waals surface area contributed by atoms with Gasteiger partial charge in [-0.15, -0.1) is 0 Å². The molecular formula is C68H116O6. The lowest BCUT2D eigenvalue weighted by molar-refractivity contribution is -0.167. The Morgan fingerprint density at radius 2 is 0.527 bits per heavy atom. The van der Waals surface area contributed by atoms with Crippen molar-refractivity contribution in [2.24, 2.45) is 0 Å². The van der Waals surface area contributed by atoms with Gasteiger partial charge in [0.2, 0.25) is 0 Å². The summed E-state index contributed by atoms with van der Waals surface area (Å²) in [4.78, 5) is 38.2. The van der Waals surface area contributed by atoms with Crippen LogP contribution in [0, 0.1) is 0 Å². The largest absolute Gasteiger partial charge is 0.462 e. The molecule has 0 bridgehead atoms. The summed E-state index contributed by atoms with van der Waals surface area (Å²) in [6.45, 7) is 6.51. The van der Waals surface area contributed by atoms with Crippen LogP contribution in [0.2, 0.25) is 0 Å². The molecule has 1 unspecified atom stereocenters. The molecule has 0 amide bonds. The smallest absolute Gasteiger partial charge is 0.306 e. The Balaban J connectivity index is 4.27. The summed E-state index contributed by atoms with van der Waals surface area (Å²) in [5.74, 6) is -0.890. The highest BCUT2D eigenvalue weighted by molar-refractivity contribution is 5.71. The van der Waals surface area contributed by atoms with Crippen LogP contribution < -0.4 is 0 Å². The lowest BCUT2D eigenvalue weighted by Gasteiger charge is -2.18. The number of allylic oxidation sites excluding steroid dienone is 16. The maximum absolute atomic E-state index is 12.9. The van der Waals surface area contributed by atoms with Crippen molar-refractivity contribution in [1.82, 2.24) is 0 Å². The van der Waals surface area contributed by atoms with Gasteiger partial charge in [-0.1, -0.05) is 272 Å². The molecule has 0 aromatic rings. The van der Waals surface area contributed by atoms with E-state index in [4.69, 9.17) is 14.2 Å². The van der Waals surface area contributed by atoms with Crippen molar-refractivity contribution in [3.05, 3.63) is 97.2 Å². The van der Waals surface area contributed by atoms with E-state index >= 15 is 0 Å². The van der Waals surface area contributed by atoms with Crippen LogP contribution in [0.4, 0.5) is 0 Å². The van der Waals surface area contributed by atoms with Crippen molar-refractivity contribution in [3.63, 3.8) is 0 Å². The molecule has 6 nitrogen and oxygen atoms in total. The van der Waals surface area contributed by atoms with Crippen LogP contribution in [0.5, 0.6) is 0 Å². The molecule has 0 heterocycles. The predicted octanol–water partition coefficient (Wildman–Crippen LogP) is 21.3.